The van der Waals surface area contributed by atoms with Crippen molar-refractivity contribution < 1.29 is 9.59 Å². The van der Waals surface area contributed by atoms with Crippen LogP contribution < -0.4 is 0 Å². The van der Waals surface area contributed by atoms with Gasteiger partial charge in [0, 0.05) is 12.6 Å². The molecule has 1 aromatic carbocycles. The fraction of sp³-hybridized carbons (Fsp3) is 0.467. The Hall–Kier alpha value is -1.64. The number of hydrogen-bond donors (Lipinski definition) is 0. The molecule has 18 heavy (non-hydrogen) atoms. The standard InChI is InChI=1S/C15H17NO2/c1-9(2)10-4-5-12-11(8-10)13(17)16(3)14(18)15(12)6-7-15/h4-5,8-9H,6-7H2,1-3H3. The molecular formula is C15H17NO2. The van der Waals surface area contributed by atoms with Gasteiger partial charge in [-0.25, -0.2) is 0 Å². The van der Waals surface area contributed by atoms with E-state index in [2.05, 4.69) is 19.9 Å². The first-order chi connectivity index (χ1) is 8.47. The van der Waals surface area contributed by atoms with Gasteiger partial charge < -0.3 is 0 Å². The molecule has 1 heterocycles. The predicted octanol–water partition coefficient (Wildman–Crippen LogP) is 2.45. The molecule has 3 heteroatoms. The SMILES string of the molecule is CC(C)c1ccc2c(c1)C(=O)N(C)C(=O)C21CC1. The van der Waals surface area contributed by atoms with Gasteiger partial charge in [0.15, 0.2) is 0 Å². The quantitative estimate of drug-likeness (QED) is 0.710. The molecule has 2 aliphatic rings. The monoisotopic (exact) mass is 243 g/mol. The Morgan fingerprint density at radius 3 is 2.44 bits per heavy atom. The number of imide groups is 1. The van der Waals surface area contributed by atoms with Gasteiger partial charge in [-0.05, 0) is 36.0 Å². The fourth-order valence-electron chi connectivity index (χ4n) is 2.83. The summed E-state index contributed by atoms with van der Waals surface area (Å²) in [6.07, 6.45) is 1.74. The number of likely N-dealkylation sites (N-methyl/N-ethyl adjacent to an activating group) is 1. The van der Waals surface area contributed by atoms with E-state index < -0.39 is 0 Å². The molecule has 3 rings (SSSR count). The van der Waals surface area contributed by atoms with Gasteiger partial charge in [-0.3, -0.25) is 14.5 Å². The van der Waals surface area contributed by atoms with E-state index in [0.29, 0.717) is 5.92 Å². The highest BCUT2D eigenvalue weighted by molar-refractivity contribution is 6.14. The van der Waals surface area contributed by atoms with Gasteiger partial charge in [-0.2, -0.15) is 0 Å². The van der Waals surface area contributed by atoms with E-state index in [0.717, 1.165) is 29.5 Å². The number of carbonyl (C=O) groups is 2. The van der Waals surface area contributed by atoms with Crippen LogP contribution in [0.5, 0.6) is 0 Å². The maximum atomic E-state index is 12.2. The summed E-state index contributed by atoms with van der Waals surface area (Å²) in [6.45, 7) is 4.22. The van der Waals surface area contributed by atoms with Crippen LogP contribution >= 0.6 is 0 Å². The van der Waals surface area contributed by atoms with E-state index >= 15 is 0 Å². The number of amides is 2. The Labute approximate surface area is 107 Å². The minimum Gasteiger partial charge on any atom is -0.281 e. The zero-order chi connectivity index (χ0) is 13.1. The molecule has 0 saturated heterocycles. The lowest BCUT2D eigenvalue weighted by Gasteiger charge is -2.30. The van der Waals surface area contributed by atoms with E-state index in [4.69, 9.17) is 0 Å². The van der Waals surface area contributed by atoms with Crippen LogP contribution in [0.15, 0.2) is 18.2 Å². The van der Waals surface area contributed by atoms with Crippen molar-refractivity contribution in [2.75, 3.05) is 7.05 Å². The average molecular weight is 243 g/mol. The molecule has 1 aliphatic heterocycles. The van der Waals surface area contributed by atoms with Crippen molar-refractivity contribution in [2.24, 2.45) is 0 Å². The summed E-state index contributed by atoms with van der Waals surface area (Å²) in [5, 5.41) is 0. The molecule has 0 radical (unpaired) electrons. The molecule has 1 aromatic rings. The van der Waals surface area contributed by atoms with Crippen molar-refractivity contribution in [3.05, 3.63) is 34.9 Å². The molecule has 0 unspecified atom stereocenters. The summed E-state index contributed by atoms with van der Waals surface area (Å²) in [5.74, 6) is 0.202. The molecule has 0 N–H and O–H groups in total. The van der Waals surface area contributed by atoms with Crippen LogP contribution in [0, 0.1) is 0 Å². The second-order valence-corrected chi connectivity index (χ2v) is 5.71. The minimum absolute atomic E-state index is 0.0303. The molecule has 1 fully saturated rings. The van der Waals surface area contributed by atoms with E-state index in [1.54, 1.807) is 7.05 Å². The highest BCUT2D eigenvalue weighted by Gasteiger charge is 2.57. The molecule has 2 amide bonds. The minimum atomic E-state index is -0.381. The third-order valence-electron chi connectivity index (χ3n) is 4.22. The third kappa shape index (κ3) is 1.30. The molecular weight excluding hydrogens is 226 g/mol. The number of fused-ring (bicyclic) bond motifs is 2. The van der Waals surface area contributed by atoms with E-state index in [-0.39, 0.29) is 17.2 Å². The lowest BCUT2D eigenvalue weighted by atomic mass is 9.84. The van der Waals surface area contributed by atoms with E-state index in [1.165, 1.54) is 4.90 Å². The van der Waals surface area contributed by atoms with Gasteiger partial charge in [0.25, 0.3) is 5.91 Å². The number of benzene rings is 1. The second-order valence-electron chi connectivity index (χ2n) is 5.71. The summed E-state index contributed by atoms with van der Waals surface area (Å²) < 4.78 is 0. The second kappa shape index (κ2) is 3.44. The smallest absolute Gasteiger partial charge is 0.260 e. The highest BCUT2D eigenvalue weighted by Crippen LogP contribution is 2.53. The first-order valence-corrected chi connectivity index (χ1v) is 6.44. The molecule has 0 bridgehead atoms. The normalized spacial score (nSPS) is 20.6. The van der Waals surface area contributed by atoms with Gasteiger partial charge in [-0.15, -0.1) is 0 Å². The Kier molecular flexibility index (Phi) is 2.19. The van der Waals surface area contributed by atoms with Crippen molar-refractivity contribution in [1.29, 1.82) is 0 Å². The number of rotatable bonds is 1. The summed E-state index contributed by atoms with van der Waals surface area (Å²) >= 11 is 0. The Balaban J connectivity index is 2.20. The van der Waals surface area contributed by atoms with Crippen molar-refractivity contribution in [1.82, 2.24) is 4.90 Å². The number of hydrogen-bond acceptors (Lipinski definition) is 2. The lowest BCUT2D eigenvalue weighted by molar-refractivity contribution is -0.130. The first-order valence-electron chi connectivity index (χ1n) is 6.44. The molecule has 1 aliphatic carbocycles. The van der Waals surface area contributed by atoms with Gasteiger partial charge in [-0.1, -0.05) is 26.0 Å². The topological polar surface area (TPSA) is 37.4 Å². The summed E-state index contributed by atoms with van der Waals surface area (Å²) in [7, 11) is 1.59. The summed E-state index contributed by atoms with van der Waals surface area (Å²) in [6, 6.07) is 6.00. The Morgan fingerprint density at radius 2 is 1.89 bits per heavy atom. The predicted molar refractivity (Wildman–Crippen MR) is 68.5 cm³/mol. The van der Waals surface area contributed by atoms with Crippen molar-refractivity contribution >= 4 is 11.8 Å². The molecule has 0 aromatic heterocycles. The molecule has 0 atom stereocenters. The maximum Gasteiger partial charge on any atom is 0.260 e. The van der Waals surface area contributed by atoms with Crippen LogP contribution in [-0.2, 0) is 10.2 Å². The van der Waals surface area contributed by atoms with Crippen LogP contribution in [0.2, 0.25) is 0 Å². The van der Waals surface area contributed by atoms with E-state index in [1.807, 2.05) is 12.1 Å². The zero-order valence-electron chi connectivity index (χ0n) is 11.0. The Morgan fingerprint density at radius 1 is 1.22 bits per heavy atom. The first kappa shape index (κ1) is 11.5. The number of nitrogens with zero attached hydrogens (tertiary/aromatic N) is 1. The average Bonchev–Trinajstić information content (AvgIpc) is 3.15. The van der Waals surface area contributed by atoms with Crippen LogP contribution in [0.1, 0.15) is 54.1 Å². The molecule has 1 saturated carbocycles. The fourth-order valence-corrected chi connectivity index (χ4v) is 2.83. The summed E-state index contributed by atoms with van der Waals surface area (Å²) in [5.41, 5.74) is 2.44. The van der Waals surface area contributed by atoms with Gasteiger partial charge in [0.05, 0.1) is 5.41 Å². The van der Waals surface area contributed by atoms with Crippen LogP contribution in [0.4, 0.5) is 0 Å². The molecule has 1 spiro atoms. The largest absolute Gasteiger partial charge is 0.281 e. The van der Waals surface area contributed by atoms with Crippen LogP contribution in [0.25, 0.3) is 0 Å². The van der Waals surface area contributed by atoms with Crippen molar-refractivity contribution in [2.45, 2.75) is 38.0 Å². The van der Waals surface area contributed by atoms with Crippen LogP contribution in [-0.4, -0.2) is 23.8 Å². The van der Waals surface area contributed by atoms with Crippen molar-refractivity contribution in [3.8, 4) is 0 Å². The Bertz CT molecular complexity index is 556. The lowest BCUT2D eigenvalue weighted by Crippen LogP contribution is -2.46. The highest BCUT2D eigenvalue weighted by atomic mass is 16.2. The third-order valence-corrected chi connectivity index (χ3v) is 4.22. The van der Waals surface area contributed by atoms with Crippen LogP contribution in [0.3, 0.4) is 0 Å². The molecule has 3 nitrogen and oxygen atoms in total. The van der Waals surface area contributed by atoms with Gasteiger partial charge in [0.2, 0.25) is 5.91 Å². The van der Waals surface area contributed by atoms with Crippen molar-refractivity contribution in [3.63, 3.8) is 0 Å². The maximum absolute atomic E-state index is 12.2. The number of carbonyl (C=O) groups excluding carboxylic acids is 2. The summed E-state index contributed by atoms with van der Waals surface area (Å²) in [4.78, 5) is 25.7. The zero-order valence-corrected chi connectivity index (χ0v) is 11.0. The molecule has 94 valence electrons. The van der Waals surface area contributed by atoms with Gasteiger partial charge >= 0.3 is 0 Å². The van der Waals surface area contributed by atoms with Gasteiger partial charge in [0.1, 0.15) is 0 Å². The van der Waals surface area contributed by atoms with E-state index in [9.17, 15) is 9.59 Å².